The number of nitrogens with zero attached hydrogens (tertiary/aromatic N) is 2. The number of nitrogens with one attached hydrogen (secondary N) is 1. The summed E-state index contributed by atoms with van der Waals surface area (Å²) in [5.74, 6) is -1.48. The van der Waals surface area contributed by atoms with E-state index in [-0.39, 0.29) is 24.6 Å². The Kier molecular flexibility index (Phi) is 5.04. The smallest absolute Gasteiger partial charge is 0.267 e. The number of aryl methyl sites for hydroxylation is 1. The second-order valence-electron chi connectivity index (χ2n) is 4.03. The van der Waals surface area contributed by atoms with E-state index >= 15 is 0 Å². The summed E-state index contributed by atoms with van der Waals surface area (Å²) in [6.45, 7) is 0.184. The van der Waals surface area contributed by atoms with Gasteiger partial charge in [-0.15, -0.1) is 12.4 Å². The second-order valence-corrected chi connectivity index (χ2v) is 4.03. The molecule has 20 heavy (non-hydrogen) atoms. The van der Waals surface area contributed by atoms with Gasteiger partial charge < -0.3 is 11.1 Å². The third-order valence-electron chi connectivity index (χ3n) is 2.53. The van der Waals surface area contributed by atoms with Crippen molar-refractivity contribution in [1.82, 2.24) is 9.78 Å². The van der Waals surface area contributed by atoms with E-state index in [1.54, 1.807) is 7.05 Å². The first kappa shape index (κ1) is 15.9. The highest BCUT2D eigenvalue weighted by Crippen LogP contribution is 2.12. The van der Waals surface area contributed by atoms with E-state index in [0.717, 1.165) is 6.07 Å². The Labute approximate surface area is 120 Å². The molecular formula is C12H13ClF2N4O. The van der Waals surface area contributed by atoms with Crippen molar-refractivity contribution in [3.05, 3.63) is 47.2 Å². The molecule has 108 valence electrons. The van der Waals surface area contributed by atoms with Gasteiger partial charge in [-0.05, 0) is 17.7 Å². The summed E-state index contributed by atoms with van der Waals surface area (Å²) in [5, 5.41) is 6.87. The first-order valence-corrected chi connectivity index (χ1v) is 5.48. The van der Waals surface area contributed by atoms with Crippen molar-refractivity contribution in [2.45, 2.75) is 6.54 Å². The predicted molar refractivity (Wildman–Crippen MR) is 72.7 cm³/mol. The monoisotopic (exact) mass is 302 g/mol. The Morgan fingerprint density at radius 1 is 1.30 bits per heavy atom. The highest BCUT2D eigenvalue weighted by atomic mass is 35.5. The zero-order chi connectivity index (χ0) is 14.0. The van der Waals surface area contributed by atoms with Crippen molar-refractivity contribution in [2.75, 3.05) is 5.32 Å². The van der Waals surface area contributed by atoms with Gasteiger partial charge in [0, 0.05) is 25.7 Å². The summed E-state index contributed by atoms with van der Waals surface area (Å²) < 4.78 is 27.3. The molecule has 1 aromatic carbocycles. The molecule has 0 aliphatic carbocycles. The van der Waals surface area contributed by atoms with Gasteiger partial charge in [0.05, 0.1) is 0 Å². The van der Waals surface area contributed by atoms with Crippen LogP contribution in [0.4, 0.5) is 14.6 Å². The molecule has 0 bridgehead atoms. The van der Waals surface area contributed by atoms with Crippen LogP contribution in [0, 0.1) is 11.6 Å². The van der Waals surface area contributed by atoms with Crippen molar-refractivity contribution in [2.24, 2.45) is 12.8 Å². The van der Waals surface area contributed by atoms with Gasteiger partial charge in [-0.3, -0.25) is 9.48 Å². The third kappa shape index (κ3) is 3.67. The van der Waals surface area contributed by atoms with Crippen molar-refractivity contribution < 1.29 is 13.6 Å². The van der Waals surface area contributed by atoms with Gasteiger partial charge in [0.2, 0.25) is 0 Å². The summed E-state index contributed by atoms with van der Waals surface area (Å²) in [6, 6.07) is 4.70. The molecular weight excluding hydrogens is 290 g/mol. The molecule has 1 heterocycles. The molecule has 0 fully saturated rings. The number of hydrogen-bond donors (Lipinski definition) is 2. The van der Waals surface area contributed by atoms with E-state index in [0.29, 0.717) is 11.4 Å². The quantitative estimate of drug-likeness (QED) is 0.905. The van der Waals surface area contributed by atoms with Crippen LogP contribution in [-0.2, 0) is 13.6 Å². The molecule has 8 heteroatoms. The van der Waals surface area contributed by atoms with E-state index in [9.17, 15) is 13.6 Å². The van der Waals surface area contributed by atoms with Gasteiger partial charge >= 0.3 is 0 Å². The number of benzene rings is 1. The Bertz CT molecular complexity index is 610. The first-order chi connectivity index (χ1) is 8.95. The molecule has 0 unspecified atom stereocenters. The number of aromatic nitrogens is 2. The Hall–Kier alpha value is -2.15. The largest absolute Gasteiger partial charge is 0.364 e. The molecule has 2 rings (SSSR count). The maximum absolute atomic E-state index is 13.0. The van der Waals surface area contributed by atoms with E-state index in [4.69, 9.17) is 5.73 Å². The molecule has 5 nitrogen and oxygen atoms in total. The Morgan fingerprint density at radius 2 is 1.90 bits per heavy atom. The number of carbonyl (C=O) groups is 1. The fourth-order valence-electron chi connectivity index (χ4n) is 1.69. The number of primary amides is 1. The molecule has 0 aliphatic rings. The molecule has 1 amide bonds. The predicted octanol–water partition coefficient (Wildman–Crippen LogP) is 1.83. The highest BCUT2D eigenvalue weighted by molar-refractivity contribution is 5.91. The molecule has 0 atom stereocenters. The molecule has 2 aromatic rings. The second kappa shape index (κ2) is 6.33. The van der Waals surface area contributed by atoms with Crippen molar-refractivity contribution in [3.63, 3.8) is 0 Å². The number of halogens is 3. The van der Waals surface area contributed by atoms with Crippen LogP contribution in [0.15, 0.2) is 24.3 Å². The van der Waals surface area contributed by atoms with E-state index in [2.05, 4.69) is 10.4 Å². The minimum atomic E-state index is -0.643. The molecule has 0 spiro atoms. The number of hydrogen-bond acceptors (Lipinski definition) is 3. The molecule has 0 aliphatic heterocycles. The lowest BCUT2D eigenvalue weighted by molar-refractivity contribution is 0.0991. The Morgan fingerprint density at radius 3 is 2.40 bits per heavy atom. The molecule has 0 radical (unpaired) electrons. The average Bonchev–Trinajstić information content (AvgIpc) is 2.67. The van der Waals surface area contributed by atoms with Gasteiger partial charge in [-0.25, -0.2) is 8.78 Å². The van der Waals surface area contributed by atoms with Crippen LogP contribution in [0.25, 0.3) is 0 Å². The normalized spacial score (nSPS) is 9.95. The fourth-order valence-corrected chi connectivity index (χ4v) is 1.69. The van der Waals surface area contributed by atoms with Gasteiger partial charge in [-0.1, -0.05) is 0 Å². The molecule has 1 aromatic heterocycles. The maximum atomic E-state index is 13.0. The molecule has 3 N–H and O–H groups in total. The van der Waals surface area contributed by atoms with Crippen molar-refractivity contribution in [1.29, 1.82) is 0 Å². The van der Waals surface area contributed by atoms with E-state index in [1.807, 2.05) is 0 Å². The SMILES string of the molecule is Cl.Cn1nc(NCc2cc(F)cc(F)c2)cc1C(N)=O. The molecule has 0 saturated heterocycles. The third-order valence-corrected chi connectivity index (χ3v) is 2.53. The van der Waals surface area contributed by atoms with Crippen LogP contribution in [0.3, 0.4) is 0 Å². The van der Waals surface area contributed by atoms with Crippen LogP contribution in [-0.4, -0.2) is 15.7 Å². The van der Waals surface area contributed by atoms with Gasteiger partial charge in [0.25, 0.3) is 5.91 Å². The van der Waals surface area contributed by atoms with Crippen LogP contribution >= 0.6 is 12.4 Å². The summed E-state index contributed by atoms with van der Waals surface area (Å²) in [5.41, 5.74) is 5.83. The maximum Gasteiger partial charge on any atom is 0.267 e. The fraction of sp³-hybridized carbons (Fsp3) is 0.167. The van der Waals surface area contributed by atoms with Gasteiger partial charge in [0.15, 0.2) is 0 Å². The number of amides is 1. The van der Waals surface area contributed by atoms with Gasteiger partial charge in [-0.2, -0.15) is 5.10 Å². The minimum absolute atomic E-state index is 0. The Balaban J connectivity index is 0.00000200. The van der Waals surface area contributed by atoms with Crippen LogP contribution in [0.2, 0.25) is 0 Å². The molecule has 0 saturated carbocycles. The summed E-state index contributed by atoms with van der Waals surface area (Å²) in [6.07, 6.45) is 0. The highest BCUT2D eigenvalue weighted by Gasteiger charge is 2.09. The number of anilines is 1. The number of rotatable bonds is 4. The lowest BCUT2D eigenvalue weighted by Gasteiger charge is -2.03. The lowest BCUT2D eigenvalue weighted by atomic mass is 10.2. The zero-order valence-corrected chi connectivity index (χ0v) is 11.4. The lowest BCUT2D eigenvalue weighted by Crippen LogP contribution is -2.15. The van der Waals surface area contributed by atoms with Crippen LogP contribution < -0.4 is 11.1 Å². The van der Waals surface area contributed by atoms with E-state index in [1.165, 1.54) is 22.9 Å². The number of carbonyl (C=O) groups excluding carboxylic acids is 1. The van der Waals surface area contributed by atoms with Crippen LogP contribution in [0.5, 0.6) is 0 Å². The van der Waals surface area contributed by atoms with Crippen molar-refractivity contribution in [3.8, 4) is 0 Å². The van der Waals surface area contributed by atoms with Gasteiger partial charge in [0.1, 0.15) is 23.1 Å². The van der Waals surface area contributed by atoms with Crippen molar-refractivity contribution >= 4 is 24.1 Å². The summed E-state index contributed by atoms with van der Waals surface area (Å²) in [7, 11) is 1.58. The number of nitrogens with two attached hydrogens (primary N) is 1. The zero-order valence-electron chi connectivity index (χ0n) is 10.6. The minimum Gasteiger partial charge on any atom is -0.364 e. The first-order valence-electron chi connectivity index (χ1n) is 5.48. The average molecular weight is 303 g/mol. The standard InChI is InChI=1S/C12H12F2N4O.ClH/c1-18-10(12(15)19)5-11(17-18)16-6-7-2-8(13)4-9(14)3-7;/h2-5H,6H2,1H3,(H2,15,19)(H,16,17);1H. The summed E-state index contributed by atoms with van der Waals surface area (Å²) in [4.78, 5) is 11.0. The van der Waals surface area contributed by atoms with Crippen LogP contribution in [0.1, 0.15) is 16.1 Å². The summed E-state index contributed by atoms with van der Waals surface area (Å²) >= 11 is 0. The van der Waals surface area contributed by atoms with E-state index < -0.39 is 17.5 Å². The topological polar surface area (TPSA) is 72.9 Å².